The fourth-order valence-corrected chi connectivity index (χ4v) is 4.50. The minimum absolute atomic E-state index is 0.00404. The van der Waals surface area contributed by atoms with E-state index in [1.54, 1.807) is 26.8 Å². The van der Waals surface area contributed by atoms with Crippen LogP contribution < -0.4 is 10.6 Å². The third-order valence-corrected chi connectivity index (χ3v) is 6.15. The number of nitrogens with one attached hydrogen (secondary N) is 2. The Labute approximate surface area is 216 Å². The zero-order valence-electron chi connectivity index (χ0n) is 21.3. The largest absolute Gasteiger partial charge is 0.444 e. The molecule has 4 rings (SSSR count). The van der Waals surface area contributed by atoms with Crippen LogP contribution in [0.25, 0.3) is 10.8 Å². The number of nitrogens with zero attached hydrogens (tertiary/aromatic N) is 1. The van der Waals surface area contributed by atoms with Crippen molar-refractivity contribution in [3.05, 3.63) is 78.4 Å². The summed E-state index contributed by atoms with van der Waals surface area (Å²) in [5.41, 5.74) is 0.704. The molecular formula is C29H33N3O5. The molecule has 0 aromatic heterocycles. The Balaban J connectivity index is 1.53. The molecule has 0 bridgehead atoms. The molecule has 3 aromatic rings. The predicted molar refractivity (Wildman–Crippen MR) is 142 cm³/mol. The molecule has 1 aliphatic heterocycles. The predicted octanol–water partition coefficient (Wildman–Crippen LogP) is 3.88. The van der Waals surface area contributed by atoms with Crippen molar-refractivity contribution in [2.75, 3.05) is 11.9 Å². The Morgan fingerprint density at radius 2 is 1.68 bits per heavy atom. The zero-order chi connectivity index (χ0) is 26.6. The van der Waals surface area contributed by atoms with Crippen molar-refractivity contribution in [3.63, 3.8) is 0 Å². The van der Waals surface area contributed by atoms with E-state index in [2.05, 4.69) is 10.6 Å². The van der Waals surface area contributed by atoms with Gasteiger partial charge in [-0.2, -0.15) is 0 Å². The van der Waals surface area contributed by atoms with Crippen molar-refractivity contribution in [1.29, 1.82) is 0 Å². The van der Waals surface area contributed by atoms with Gasteiger partial charge < -0.3 is 25.4 Å². The van der Waals surface area contributed by atoms with Crippen molar-refractivity contribution in [1.82, 2.24) is 10.2 Å². The van der Waals surface area contributed by atoms with Gasteiger partial charge in [0, 0.05) is 25.1 Å². The molecule has 3 aromatic carbocycles. The summed E-state index contributed by atoms with van der Waals surface area (Å²) in [7, 11) is 0. The van der Waals surface area contributed by atoms with E-state index in [0.29, 0.717) is 5.69 Å². The van der Waals surface area contributed by atoms with Gasteiger partial charge in [0.25, 0.3) is 0 Å². The number of rotatable bonds is 6. The minimum atomic E-state index is -0.974. The van der Waals surface area contributed by atoms with Crippen molar-refractivity contribution >= 4 is 34.4 Å². The molecule has 8 heteroatoms. The van der Waals surface area contributed by atoms with Gasteiger partial charge in [0.15, 0.2) is 0 Å². The fraction of sp³-hybridized carbons (Fsp3) is 0.345. The van der Waals surface area contributed by atoms with E-state index in [1.807, 2.05) is 66.7 Å². The van der Waals surface area contributed by atoms with Gasteiger partial charge in [0.1, 0.15) is 17.7 Å². The number of likely N-dealkylation sites (tertiary alicyclic amines) is 1. The van der Waals surface area contributed by atoms with Crippen LogP contribution in [0, 0.1) is 0 Å². The summed E-state index contributed by atoms with van der Waals surface area (Å²) in [5, 5.41) is 18.0. The second-order valence-electron chi connectivity index (χ2n) is 10.3. The molecule has 0 spiro atoms. The Kier molecular flexibility index (Phi) is 7.78. The number of hydrogen-bond donors (Lipinski definition) is 3. The summed E-state index contributed by atoms with van der Waals surface area (Å²) in [6.45, 7) is 5.22. The lowest BCUT2D eigenvalue weighted by atomic mass is 10.0. The third-order valence-electron chi connectivity index (χ3n) is 6.15. The average Bonchev–Trinajstić information content (AvgIpc) is 3.24. The molecule has 3 amide bonds. The summed E-state index contributed by atoms with van der Waals surface area (Å²) in [5.74, 6) is -0.846. The number of fused-ring (bicyclic) bond motifs is 1. The molecule has 3 N–H and O–H groups in total. The van der Waals surface area contributed by atoms with Crippen molar-refractivity contribution in [2.45, 2.75) is 57.4 Å². The number of anilines is 1. The normalized spacial score (nSPS) is 18.3. The molecule has 1 fully saturated rings. The summed E-state index contributed by atoms with van der Waals surface area (Å²) in [4.78, 5) is 40.9. The molecule has 0 unspecified atom stereocenters. The molecule has 3 atom stereocenters. The average molecular weight is 504 g/mol. The quantitative estimate of drug-likeness (QED) is 0.473. The van der Waals surface area contributed by atoms with Gasteiger partial charge in [-0.15, -0.1) is 0 Å². The van der Waals surface area contributed by atoms with Crippen LogP contribution in [0.3, 0.4) is 0 Å². The molecule has 1 heterocycles. The monoisotopic (exact) mass is 503 g/mol. The Morgan fingerprint density at radius 3 is 2.38 bits per heavy atom. The zero-order valence-corrected chi connectivity index (χ0v) is 21.3. The maximum absolute atomic E-state index is 13.7. The lowest BCUT2D eigenvalue weighted by Crippen LogP contribution is -2.54. The highest BCUT2D eigenvalue weighted by atomic mass is 16.6. The number of amides is 3. The number of carbonyl (C=O) groups excluding carboxylic acids is 3. The number of aliphatic hydroxyl groups is 1. The van der Waals surface area contributed by atoms with Crippen LogP contribution >= 0.6 is 0 Å². The first kappa shape index (κ1) is 26.2. The minimum Gasteiger partial charge on any atom is -0.444 e. The van der Waals surface area contributed by atoms with E-state index < -0.39 is 41.7 Å². The number of aliphatic hydroxyl groups excluding tert-OH is 1. The highest BCUT2D eigenvalue weighted by Crippen LogP contribution is 2.24. The molecule has 194 valence electrons. The van der Waals surface area contributed by atoms with Gasteiger partial charge in [-0.3, -0.25) is 9.59 Å². The first-order chi connectivity index (χ1) is 17.6. The topological polar surface area (TPSA) is 108 Å². The number of benzene rings is 3. The van der Waals surface area contributed by atoms with E-state index in [4.69, 9.17) is 4.74 Å². The smallest absolute Gasteiger partial charge is 0.408 e. The van der Waals surface area contributed by atoms with Crippen molar-refractivity contribution in [2.24, 2.45) is 0 Å². The first-order valence-electron chi connectivity index (χ1n) is 12.4. The Hall–Kier alpha value is -3.91. The second-order valence-corrected chi connectivity index (χ2v) is 10.3. The van der Waals surface area contributed by atoms with Gasteiger partial charge in [-0.05, 0) is 49.2 Å². The van der Waals surface area contributed by atoms with Crippen molar-refractivity contribution < 1.29 is 24.2 Å². The number of alkyl carbamates (subject to hydrolysis) is 1. The standard InChI is InChI=1S/C29H33N3O5/c1-29(2,3)37-28(36)31-24(15-19-9-5-4-6-10-19)27(35)32-18-23(33)17-25(32)26(34)30-22-14-13-20-11-7-8-12-21(20)16-22/h4-14,16,23-25,33H,15,17-18H2,1-3H3,(H,30,34)(H,31,36)/t23-,24+,25+/m1/s1. The van der Waals surface area contributed by atoms with Crippen LogP contribution in [0.15, 0.2) is 72.8 Å². The van der Waals surface area contributed by atoms with Crippen LogP contribution in [-0.4, -0.2) is 58.2 Å². The summed E-state index contributed by atoms with van der Waals surface area (Å²) in [6.07, 6.45) is -1.26. The molecule has 0 saturated carbocycles. The molecule has 8 nitrogen and oxygen atoms in total. The summed E-state index contributed by atoms with van der Waals surface area (Å²) in [6, 6.07) is 20.8. The number of carbonyl (C=O) groups is 3. The molecule has 1 saturated heterocycles. The molecule has 0 radical (unpaired) electrons. The van der Waals surface area contributed by atoms with Crippen LogP contribution in [0.2, 0.25) is 0 Å². The van der Waals surface area contributed by atoms with Gasteiger partial charge in [-0.1, -0.05) is 60.7 Å². The van der Waals surface area contributed by atoms with Crippen LogP contribution in [-0.2, 0) is 20.7 Å². The fourth-order valence-electron chi connectivity index (χ4n) is 4.50. The van der Waals surface area contributed by atoms with E-state index in [1.165, 1.54) is 4.90 Å². The van der Waals surface area contributed by atoms with Gasteiger partial charge in [-0.25, -0.2) is 4.79 Å². The van der Waals surface area contributed by atoms with Crippen LogP contribution in [0.1, 0.15) is 32.8 Å². The van der Waals surface area contributed by atoms with E-state index in [-0.39, 0.29) is 19.4 Å². The maximum atomic E-state index is 13.7. The van der Waals surface area contributed by atoms with Gasteiger partial charge in [0.2, 0.25) is 11.8 Å². The van der Waals surface area contributed by atoms with E-state index >= 15 is 0 Å². The number of ether oxygens (including phenoxy) is 1. The summed E-state index contributed by atoms with van der Waals surface area (Å²) >= 11 is 0. The lowest BCUT2D eigenvalue weighted by Gasteiger charge is -2.29. The maximum Gasteiger partial charge on any atom is 0.408 e. The third kappa shape index (κ3) is 6.86. The van der Waals surface area contributed by atoms with E-state index in [0.717, 1.165) is 16.3 Å². The highest BCUT2D eigenvalue weighted by Gasteiger charge is 2.41. The van der Waals surface area contributed by atoms with E-state index in [9.17, 15) is 19.5 Å². The van der Waals surface area contributed by atoms with Gasteiger partial charge >= 0.3 is 6.09 Å². The SMILES string of the molecule is CC(C)(C)OC(=O)N[C@@H](Cc1ccccc1)C(=O)N1C[C@H](O)C[C@H]1C(=O)Nc1ccc2ccccc2c1. The van der Waals surface area contributed by atoms with Crippen LogP contribution in [0.5, 0.6) is 0 Å². The number of hydrogen-bond acceptors (Lipinski definition) is 5. The lowest BCUT2D eigenvalue weighted by molar-refractivity contribution is -0.138. The Morgan fingerprint density at radius 1 is 1.00 bits per heavy atom. The number of β-amino-alcohol motifs (C(OH)–C–C–N with tert-alkyl or cyclic N) is 1. The summed E-state index contributed by atoms with van der Waals surface area (Å²) < 4.78 is 5.38. The molecular weight excluding hydrogens is 470 g/mol. The molecule has 1 aliphatic rings. The van der Waals surface area contributed by atoms with Crippen molar-refractivity contribution in [3.8, 4) is 0 Å². The van der Waals surface area contributed by atoms with Crippen LogP contribution in [0.4, 0.5) is 10.5 Å². The Bertz CT molecular complexity index is 1270. The second kappa shape index (κ2) is 11.0. The molecule has 37 heavy (non-hydrogen) atoms. The first-order valence-corrected chi connectivity index (χ1v) is 12.4. The highest BCUT2D eigenvalue weighted by molar-refractivity contribution is 6.00. The van der Waals surface area contributed by atoms with Gasteiger partial charge in [0.05, 0.1) is 6.10 Å². The molecule has 0 aliphatic carbocycles.